The van der Waals surface area contributed by atoms with Gasteiger partial charge in [0.05, 0.1) is 12.1 Å². The van der Waals surface area contributed by atoms with Gasteiger partial charge in [-0.1, -0.05) is 13.8 Å². The molecule has 5 atom stereocenters. The summed E-state index contributed by atoms with van der Waals surface area (Å²) in [6.07, 6.45) is 0.273. The van der Waals surface area contributed by atoms with E-state index in [1.807, 2.05) is 13.8 Å². The van der Waals surface area contributed by atoms with Crippen LogP contribution in [0.3, 0.4) is 0 Å². The van der Waals surface area contributed by atoms with E-state index < -0.39 is 17.9 Å². The number of hydrogen-bond acceptors (Lipinski definition) is 4. The second-order valence-corrected chi connectivity index (χ2v) is 4.89. The zero-order chi connectivity index (χ0) is 12.7. The maximum atomic E-state index is 11.3. The van der Waals surface area contributed by atoms with E-state index in [4.69, 9.17) is 0 Å². The maximum absolute atomic E-state index is 11.3. The molecule has 2 aliphatic rings. The second kappa shape index (κ2) is 3.97. The third kappa shape index (κ3) is 1.85. The van der Waals surface area contributed by atoms with Gasteiger partial charge in [-0.05, 0) is 5.92 Å². The van der Waals surface area contributed by atoms with Crippen molar-refractivity contribution < 1.29 is 14.5 Å². The smallest absolute Gasteiger partial charge is 0.309 e. The van der Waals surface area contributed by atoms with Crippen LogP contribution >= 0.6 is 0 Å². The van der Waals surface area contributed by atoms with Gasteiger partial charge in [-0.15, -0.1) is 0 Å². The van der Waals surface area contributed by atoms with Gasteiger partial charge >= 0.3 is 11.8 Å². The molecule has 94 valence electrons. The van der Waals surface area contributed by atoms with Crippen molar-refractivity contribution in [2.75, 3.05) is 0 Å². The summed E-state index contributed by atoms with van der Waals surface area (Å²) in [6, 6.07) is -1.20. The summed E-state index contributed by atoms with van der Waals surface area (Å²) in [4.78, 5) is 33.1. The molecule has 5 unspecified atom stereocenters. The lowest BCUT2D eigenvalue weighted by atomic mass is 9.71. The van der Waals surface area contributed by atoms with Gasteiger partial charge in [-0.3, -0.25) is 19.7 Å². The van der Waals surface area contributed by atoms with E-state index in [1.165, 1.54) is 0 Å². The van der Waals surface area contributed by atoms with E-state index in [0.717, 1.165) is 0 Å². The molecule has 0 spiro atoms. The van der Waals surface area contributed by atoms with Crippen LogP contribution in [0.1, 0.15) is 20.3 Å². The molecular formula is C10H15N3O4. The van der Waals surface area contributed by atoms with Gasteiger partial charge in [0.25, 0.3) is 0 Å². The summed E-state index contributed by atoms with van der Waals surface area (Å²) in [7, 11) is 0. The minimum absolute atomic E-state index is 0.0336. The van der Waals surface area contributed by atoms with Crippen molar-refractivity contribution in [1.82, 2.24) is 10.6 Å². The SMILES string of the molecule is CC1C(C)C([N+](=O)[O-])CC2NC(=O)C(=O)NC21. The normalized spacial score (nSPS) is 41.2. The Labute approximate surface area is 98.1 Å². The Morgan fingerprint density at radius 2 is 1.76 bits per heavy atom. The molecule has 1 saturated carbocycles. The summed E-state index contributed by atoms with van der Waals surface area (Å²) in [5.74, 6) is -1.50. The molecule has 0 bridgehead atoms. The van der Waals surface area contributed by atoms with Crippen molar-refractivity contribution in [3.63, 3.8) is 0 Å². The molecule has 1 heterocycles. The van der Waals surface area contributed by atoms with Gasteiger partial charge < -0.3 is 10.6 Å². The number of amides is 2. The van der Waals surface area contributed by atoms with Crippen molar-refractivity contribution in [2.45, 2.75) is 38.4 Å². The van der Waals surface area contributed by atoms with E-state index >= 15 is 0 Å². The number of piperazine rings is 1. The van der Waals surface area contributed by atoms with Crippen LogP contribution in [-0.2, 0) is 9.59 Å². The first kappa shape index (κ1) is 11.8. The Morgan fingerprint density at radius 3 is 2.35 bits per heavy atom. The minimum Gasteiger partial charge on any atom is -0.343 e. The van der Waals surface area contributed by atoms with Crippen LogP contribution in [0.5, 0.6) is 0 Å². The van der Waals surface area contributed by atoms with Crippen LogP contribution < -0.4 is 10.6 Å². The number of fused-ring (bicyclic) bond motifs is 1. The molecule has 0 aromatic rings. The first-order valence-corrected chi connectivity index (χ1v) is 5.66. The molecule has 1 aliphatic heterocycles. The van der Waals surface area contributed by atoms with Gasteiger partial charge in [-0.2, -0.15) is 0 Å². The summed E-state index contributed by atoms with van der Waals surface area (Å²) in [5.41, 5.74) is 0. The van der Waals surface area contributed by atoms with Crippen LogP contribution in [0.2, 0.25) is 0 Å². The number of rotatable bonds is 1. The Bertz CT molecular complexity index is 384. The number of nitrogens with zero attached hydrogens (tertiary/aromatic N) is 1. The topological polar surface area (TPSA) is 101 Å². The van der Waals surface area contributed by atoms with Crippen LogP contribution in [-0.4, -0.2) is 34.9 Å². The largest absolute Gasteiger partial charge is 0.343 e. The van der Waals surface area contributed by atoms with Crippen molar-refractivity contribution in [3.05, 3.63) is 10.1 Å². The molecule has 7 heteroatoms. The fraction of sp³-hybridized carbons (Fsp3) is 0.800. The quantitative estimate of drug-likeness (QED) is 0.359. The lowest BCUT2D eigenvalue weighted by Gasteiger charge is -2.43. The van der Waals surface area contributed by atoms with E-state index in [-0.39, 0.29) is 35.3 Å². The van der Waals surface area contributed by atoms with E-state index in [9.17, 15) is 19.7 Å². The highest BCUT2D eigenvalue weighted by molar-refractivity contribution is 6.35. The lowest BCUT2D eigenvalue weighted by Crippen LogP contribution is -2.68. The fourth-order valence-electron chi connectivity index (χ4n) is 2.77. The zero-order valence-electron chi connectivity index (χ0n) is 9.67. The highest BCUT2D eigenvalue weighted by Crippen LogP contribution is 2.32. The maximum Gasteiger partial charge on any atom is 0.309 e. The minimum atomic E-state index is -0.699. The number of carbonyl (C=O) groups is 2. The molecule has 17 heavy (non-hydrogen) atoms. The van der Waals surface area contributed by atoms with E-state index in [1.54, 1.807) is 0 Å². The monoisotopic (exact) mass is 241 g/mol. The summed E-state index contributed by atoms with van der Waals surface area (Å²) in [5, 5.41) is 16.1. The molecule has 7 nitrogen and oxygen atoms in total. The van der Waals surface area contributed by atoms with Crippen LogP contribution in [0, 0.1) is 22.0 Å². The molecule has 0 aromatic carbocycles. The summed E-state index contributed by atoms with van der Waals surface area (Å²) < 4.78 is 0. The van der Waals surface area contributed by atoms with Gasteiger partial charge in [-0.25, -0.2) is 0 Å². The Morgan fingerprint density at radius 1 is 1.18 bits per heavy atom. The van der Waals surface area contributed by atoms with Gasteiger partial charge in [0.2, 0.25) is 6.04 Å². The van der Waals surface area contributed by atoms with Crippen molar-refractivity contribution >= 4 is 11.8 Å². The van der Waals surface area contributed by atoms with Gasteiger partial charge in [0, 0.05) is 17.3 Å². The Hall–Kier alpha value is -1.66. The molecule has 0 aromatic heterocycles. The molecule has 1 aliphatic carbocycles. The van der Waals surface area contributed by atoms with Crippen LogP contribution in [0.4, 0.5) is 0 Å². The first-order valence-electron chi connectivity index (χ1n) is 5.66. The predicted octanol–water partition coefficient (Wildman–Crippen LogP) is -0.709. The molecular weight excluding hydrogens is 226 g/mol. The Kier molecular flexibility index (Phi) is 2.76. The second-order valence-electron chi connectivity index (χ2n) is 4.89. The molecule has 1 saturated heterocycles. The summed E-state index contributed by atoms with van der Waals surface area (Å²) >= 11 is 0. The molecule has 0 radical (unpaired) electrons. The zero-order valence-corrected chi connectivity index (χ0v) is 9.67. The molecule has 2 N–H and O–H groups in total. The van der Waals surface area contributed by atoms with Gasteiger partial charge in [0.1, 0.15) is 0 Å². The lowest BCUT2D eigenvalue weighted by molar-refractivity contribution is -0.538. The van der Waals surface area contributed by atoms with Crippen LogP contribution in [0.15, 0.2) is 0 Å². The summed E-state index contributed by atoms with van der Waals surface area (Å²) in [6.45, 7) is 3.69. The molecule has 2 fully saturated rings. The van der Waals surface area contributed by atoms with Gasteiger partial charge in [0.15, 0.2) is 0 Å². The van der Waals surface area contributed by atoms with E-state index in [2.05, 4.69) is 10.6 Å². The third-order valence-corrected chi connectivity index (χ3v) is 4.02. The highest BCUT2D eigenvalue weighted by atomic mass is 16.6. The predicted molar refractivity (Wildman–Crippen MR) is 57.6 cm³/mol. The molecule has 2 rings (SSSR count). The van der Waals surface area contributed by atoms with E-state index in [0.29, 0.717) is 0 Å². The standard InChI is InChI=1S/C10H15N3O4/c1-4-5(2)8-6(3-7(4)13(16)17)11-9(14)10(15)12-8/h4-8H,3H2,1-2H3,(H,11,14)(H,12,15). The molecule has 2 amide bonds. The fourth-order valence-corrected chi connectivity index (χ4v) is 2.77. The number of nitrogens with one attached hydrogen (secondary N) is 2. The number of hydrogen-bond donors (Lipinski definition) is 2. The first-order chi connectivity index (χ1) is 7.91. The third-order valence-electron chi connectivity index (χ3n) is 4.02. The number of nitro groups is 1. The van der Waals surface area contributed by atoms with Crippen molar-refractivity contribution in [3.8, 4) is 0 Å². The Balaban J connectivity index is 2.21. The van der Waals surface area contributed by atoms with Crippen molar-refractivity contribution in [2.24, 2.45) is 11.8 Å². The number of carbonyl (C=O) groups excluding carboxylic acids is 2. The van der Waals surface area contributed by atoms with Crippen molar-refractivity contribution in [1.29, 1.82) is 0 Å². The average molecular weight is 241 g/mol. The van der Waals surface area contributed by atoms with Crippen LogP contribution in [0.25, 0.3) is 0 Å². The highest BCUT2D eigenvalue weighted by Gasteiger charge is 2.49. The average Bonchev–Trinajstić information content (AvgIpc) is 2.26.